The van der Waals surface area contributed by atoms with Crippen LogP contribution in [-0.4, -0.2) is 14.7 Å². The number of aromatic nitrogens is 2. The van der Waals surface area contributed by atoms with Crippen molar-refractivity contribution in [3.8, 4) is 0 Å². The Hall–Kier alpha value is -2.13. The van der Waals surface area contributed by atoms with Gasteiger partial charge in [0.2, 0.25) is 0 Å². The minimum atomic E-state index is -0.0497. The highest BCUT2D eigenvalue weighted by Gasteiger charge is 2.16. The number of rotatable bonds is 3. The molecular weight excluding hydrogens is 236 g/mol. The fourth-order valence-electron chi connectivity index (χ4n) is 2.52. The molecule has 0 aliphatic heterocycles. The van der Waals surface area contributed by atoms with Crippen molar-refractivity contribution in [2.45, 2.75) is 19.6 Å². The van der Waals surface area contributed by atoms with Crippen molar-refractivity contribution in [3.63, 3.8) is 0 Å². The van der Waals surface area contributed by atoms with E-state index in [1.807, 2.05) is 42.5 Å². The molecule has 0 radical (unpaired) electrons. The van der Waals surface area contributed by atoms with E-state index >= 15 is 0 Å². The van der Waals surface area contributed by atoms with E-state index in [-0.39, 0.29) is 12.6 Å². The van der Waals surface area contributed by atoms with Crippen LogP contribution in [0.3, 0.4) is 0 Å². The first kappa shape index (κ1) is 11.9. The van der Waals surface area contributed by atoms with E-state index in [2.05, 4.69) is 28.6 Å². The molecule has 0 amide bonds. The Balaban J connectivity index is 2.18. The van der Waals surface area contributed by atoms with Gasteiger partial charge in [0.05, 0.1) is 17.1 Å². The van der Waals surface area contributed by atoms with Gasteiger partial charge in [-0.15, -0.1) is 0 Å². The first-order valence-electron chi connectivity index (χ1n) is 6.43. The standard InChI is InChI=1S/C16H16N2O/c1-12(13-7-3-2-4-8-13)18-15-10-6-5-9-14(15)17-16(18)11-19/h2-10,12,19H,11H2,1H3/t12-/m0/s1. The van der Waals surface area contributed by atoms with Crippen molar-refractivity contribution >= 4 is 11.0 Å². The van der Waals surface area contributed by atoms with Gasteiger partial charge in [-0.25, -0.2) is 4.98 Å². The van der Waals surface area contributed by atoms with Crippen LogP contribution < -0.4 is 0 Å². The molecule has 0 spiro atoms. The molecule has 0 bridgehead atoms. The molecule has 96 valence electrons. The Labute approximate surface area is 112 Å². The molecule has 1 N–H and O–H groups in total. The van der Waals surface area contributed by atoms with Gasteiger partial charge in [0, 0.05) is 0 Å². The van der Waals surface area contributed by atoms with Crippen LogP contribution in [0.5, 0.6) is 0 Å². The zero-order valence-electron chi connectivity index (χ0n) is 10.8. The van der Waals surface area contributed by atoms with Crippen LogP contribution in [0, 0.1) is 0 Å². The van der Waals surface area contributed by atoms with E-state index in [9.17, 15) is 5.11 Å². The van der Waals surface area contributed by atoms with Crippen molar-refractivity contribution in [1.82, 2.24) is 9.55 Å². The molecule has 2 aromatic carbocycles. The number of nitrogens with zero attached hydrogens (tertiary/aromatic N) is 2. The Kier molecular flexibility index (Phi) is 3.05. The van der Waals surface area contributed by atoms with Crippen LogP contribution in [0.1, 0.15) is 24.4 Å². The summed E-state index contributed by atoms with van der Waals surface area (Å²) in [5.41, 5.74) is 3.19. The summed E-state index contributed by atoms with van der Waals surface area (Å²) in [5.74, 6) is 0.706. The lowest BCUT2D eigenvalue weighted by Crippen LogP contribution is -2.10. The summed E-state index contributed by atoms with van der Waals surface area (Å²) < 4.78 is 2.10. The molecule has 0 unspecified atom stereocenters. The number of para-hydroxylation sites is 2. The second kappa shape index (κ2) is 4.86. The molecule has 1 heterocycles. The fraction of sp³-hybridized carbons (Fsp3) is 0.188. The van der Waals surface area contributed by atoms with Crippen LogP contribution in [0.15, 0.2) is 54.6 Å². The summed E-state index contributed by atoms with van der Waals surface area (Å²) in [7, 11) is 0. The SMILES string of the molecule is C[C@@H](c1ccccc1)n1c(CO)nc2ccccc21. The third-order valence-electron chi connectivity index (χ3n) is 3.48. The molecule has 1 atom stereocenters. The Morgan fingerprint density at radius 3 is 2.47 bits per heavy atom. The predicted molar refractivity (Wildman–Crippen MR) is 75.9 cm³/mol. The number of hydrogen-bond donors (Lipinski definition) is 1. The molecule has 0 saturated heterocycles. The Bertz CT molecular complexity index is 688. The van der Waals surface area contributed by atoms with Crippen LogP contribution in [0.4, 0.5) is 0 Å². The first-order valence-corrected chi connectivity index (χ1v) is 6.43. The van der Waals surface area contributed by atoms with Gasteiger partial charge in [-0.2, -0.15) is 0 Å². The summed E-state index contributed by atoms with van der Waals surface area (Å²) in [4.78, 5) is 4.49. The third kappa shape index (κ3) is 2.02. The second-order valence-electron chi connectivity index (χ2n) is 4.63. The highest BCUT2D eigenvalue weighted by Crippen LogP contribution is 2.25. The van der Waals surface area contributed by atoms with E-state index in [4.69, 9.17) is 0 Å². The maximum absolute atomic E-state index is 9.53. The lowest BCUT2D eigenvalue weighted by molar-refractivity contribution is 0.264. The highest BCUT2D eigenvalue weighted by atomic mass is 16.3. The summed E-state index contributed by atoms with van der Waals surface area (Å²) in [6.07, 6.45) is 0. The van der Waals surface area contributed by atoms with Gasteiger partial charge in [0.25, 0.3) is 0 Å². The average molecular weight is 252 g/mol. The van der Waals surface area contributed by atoms with Crippen LogP contribution in [-0.2, 0) is 6.61 Å². The molecule has 0 aliphatic carbocycles. The second-order valence-corrected chi connectivity index (χ2v) is 4.63. The largest absolute Gasteiger partial charge is 0.388 e. The molecule has 0 aliphatic rings. The van der Waals surface area contributed by atoms with Crippen molar-refractivity contribution in [1.29, 1.82) is 0 Å². The van der Waals surface area contributed by atoms with Crippen molar-refractivity contribution < 1.29 is 5.11 Å². The van der Waals surface area contributed by atoms with E-state index in [1.165, 1.54) is 5.56 Å². The van der Waals surface area contributed by atoms with E-state index in [0.717, 1.165) is 11.0 Å². The van der Waals surface area contributed by atoms with Crippen LogP contribution in [0.2, 0.25) is 0 Å². The zero-order chi connectivity index (χ0) is 13.2. The maximum atomic E-state index is 9.53. The number of benzene rings is 2. The lowest BCUT2D eigenvalue weighted by Gasteiger charge is -2.17. The summed E-state index contributed by atoms with van der Waals surface area (Å²) in [6, 6.07) is 18.4. The fourth-order valence-corrected chi connectivity index (χ4v) is 2.52. The van der Waals surface area contributed by atoms with Crippen LogP contribution >= 0.6 is 0 Å². The number of aliphatic hydroxyl groups excluding tert-OH is 1. The van der Waals surface area contributed by atoms with Gasteiger partial charge >= 0.3 is 0 Å². The molecule has 3 nitrogen and oxygen atoms in total. The number of aliphatic hydroxyl groups is 1. The van der Waals surface area contributed by atoms with E-state index in [1.54, 1.807) is 0 Å². The quantitative estimate of drug-likeness (QED) is 0.777. The van der Waals surface area contributed by atoms with Crippen molar-refractivity contribution in [2.75, 3.05) is 0 Å². The molecule has 0 fully saturated rings. The summed E-state index contributed by atoms with van der Waals surface area (Å²) in [6.45, 7) is 2.08. The van der Waals surface area contributed by atoms with Gasteiger partial charge in [0.15, 0.2) is 0 Å². The molecule has 0 saturated carbocycles. The maximum Gasteiger partial charge on any atom is 0.136 e. The molecule has 3 heteroatoms. The lowest BCUT2D eigenvalue weighted by atomic mass is 10.1. The summed E-state index contributed by atoms with van der Waals surface area (Å²) in [5, 5.41) is 9.53. The Morgan fingerprint density at radius 1 is 1.05 bits per heavy atom. The number of fused-ring (bicyclic) bond motifs is 1. The minimum Gasteiger partial charge on any atom is -0.388 e. The highest BCUT2D eigenvalue weighted by molar-refractivity contribution is 5.76. The predicted octanol–water partition coefficient (Wildman–Crippen LogP) is 3.14. The van der Waals surface area contributed by atoms with Gasteiger partial charge in [-0.3, -0.25) is 0 Å². The zero-order valence-corrected chi connectivity index (χ0v) is 10.8. The topological polar surface area (TPSA) is 38.0 Å². The van der Waals surface area contributed by atoms with E-state index in [0.29, 0.717) is 5.82 Å². The van der Waals surface area contributed by atoms with Crippen LogP contribution in [0.25, 0.3) is 11.0 Å². The van der Waals surface area contributed by atoms with Crippen molar-refractivity contribution in [2.24, 2.45) is 0 Å². The smallest absolute Gasteiger partial charge is 0.136 e. The minimum absolute atomic E-state index is 0.0497. The first-order chi connectivity index (χ1) is 9.31. The van der Waals surface area contributed by atoms with Crippen molar-refractivity contribution in [3.05, 3.63) is 66.0 Å². The summed E-state index contributed by atoms with van der Waals surface area (Å²) >= 11 is 0. The number of hydrogen-bond acceptors (Lipinski definition) is 2. The van der Waals surface area contributed by atoms with E-state index < -0.39 is 0 Å². The molecule has 3 aromatic rings. The molecule has 19 heavy (non-hydrogen) atoms. The molecule has 3 rings (SSSR count). The van der Waals surface area contributed by atoms with Gasteiger partial charge in [0.1, 0.15) is 12.4 Å². The molecular formula is C16H16N2O. The molecule has 1 aromatic heterocycles. The van der Waals surface area contributed by atoms with Gasteiger partial charge in [-0.1, -0.05) is 42.5 Å². The normalized spacial score (nSPS) is 12.7. The Morgan fingerprint density at radius 2 is 1.74 bits per heavy atom. The number of imidazole rings is 1. The third-order valence-corrected chi connectivity index (χ3v) is 3.48. The van der Waals surface area contributed by atoms with Gasteiger partial charge < -0.3 is 9.67 Å². The average Bonchev–Trinajstić information content (AvgIpc) is 2.86. The monoisotopic (exact) mass is 252 g/mol. The van der Waals surface area contributed by atoms with Gasteiger partial charge in [-0.05, 0) is 24.6 Å².